The highest BCUT2D eigenvalue weighted by Crippen LogP contribution is 2.28. The van der Waals surface area contributed by atoms with Crippen LogP contribution in [-0.4, -0.2) is 56.5 Å². The molecule has 2 aliphatic heterocycles. The van der Waals surface area contributed by atoms with Crippen molar-refractivity contribution in [2.75, 3.05) is 49.6 Å². The molecule has 1 unspecified atom stereocenters. The maximum Gasteiger partial charge on any atom is 0.239 e. The molecule has 2 aliphatic rings. The monoisotopic (exact) mass is 413 g/mol. The lowest BCUT2D eigenvalue weighted by Gasteiger charge is -2.37. The Labute approximate surface area is 175 Å². The van der Waals surface area contributed by atoms with Gasteiger partial charge in [-0.2, -0.15) is 0 Å². The molecule has 0 aliphatic carbocycles. The number of anilines is 2. The highest BCUT2D eigenvalue weighted by molar-refractivity contribution is 6.30. The van der Waals surface area contributed by atoms with Gasteiger partial charge in [0.1, 0.15) is 11.7 Å². The summed E-state index contributed by atoms with van der Waals surface area (Å²) < 4.78 is 5.20. The van der Waals surface area contributed by atoms with Crippen LogP contribution in [0.15, 0.2) is 48.5 Å². The number of piperazine rings is 1. The van der Waals surface area contributed by atoms with Crippen LogP contribution in [0.5, 0.6) is 5.75 Å². The van der Waals surface area contributed by atoms with Crippen LogP contribution in [0.3, 0.4) is 0 Å². The molecule has 6 nitrogen and oxygen atoms in total. The Morgan fingerprint density at radius 1 is 0.931 bits per heavy atom. The molecule has 4 rings (SSSR count). The summed E-state index contributed by atoms with van der Waals surface area (Å²) in [6.45, 7) is 3.30. The fraction of sp³-hybridized carbons (Fsp3) is 0.364. The van der Waals surface area contributed by atoms with E-state index in [-0.39, 0.29) is 11.8 Å². The van der Waals surface area contributed by atoms with Gasteiger partial charge in [0.2, 0.25) is 11.8 Å². The summed E-state index contributed by atoms with van der Waals surface area (Å²) in [5.74, 6) is 0.0708. The van der Waals surface area contributed by atoms with E-state index in [0.717, 1.165) is 30.2 Å². The predicted molar refractivity (Wildman–Crippen MR) is 114 cm³/mol. The Balaban J connectivity index is 1.35. The van der Waals surface area contributed by atoms with E-state index in [0.29, 0.717) is 31.1 Å². The van der Waals surface area contributed by atoms with E-state index >= 15 is 0 Å². The summed E-state index contributed by atoms with van der Waals surface area (Å²) in [4.78, 5) is 31.6. The second-order valence-corrected chi connectivity index (χ2v) is 7.75. The molecule has 0 spiro atoms. The highest BCUT2D eigenvalue weighted by atomic mass is 35.5. The van der Waals surface area contributed by atoms with Crippen molar-refractivity contribution < 1.29 is 14.3 Å². The number of amides is 2. The van der Waals surface area contributed by atoms with Crippen molar-refractivity contribution in [1.29, 1.82) is 0 Å². The fourth-order valence-electron chi connectivity index (χ4n) is 3.98. The number of hydrogen-bond acceptors (Lipinski definition) is 4. The molecule has 0 bridgehead atoms. The lowest BCUT2D eigenvalue weighted by molar-refractivity contribution is -0.140. The van der Waals surface area contributed by atoms with E-state index in [4.69, 9.17) is 16.3 Å². The summed E-state index contributed by atoms with van der Waals surface area (Å²) in [5.41, 5.74) is 1.91. The molecule has 0 N–H and O–H groups in total. The molecular weight excluding hydrogens is 390 g/mol. The maximum atomic E-state index is 13.0. The number of halogens is 1. The van der Waals surface area contributed by atoms with Gasteiger partial charge in [-0.25, -0.2) is 0 Å². The summed E-state index contributed by atoms with van der Waals surface area (Å²) in [5, 5.41) is 0.628. The smallest absolute Gasteiger partial charge is 0.239 e. The minimum absolute atomic E-state index is 0.0548. The third-order valence-electron chi connectivity index (χ3n) is 5.67. The molecule has 2 aromatic rings. The van der Waals surface area contributed by atoms with Crippen molar-refractivity contribution >= 4 is 34.8 Å². The molecule has 0 aromatic heterocycles. The Morgan fingerprint density at radius 2 is 1.55 bits per heavy atom. The molecule has 2 aromatic carbocycles. The molecule has 1 atom stereocenters. The number of carbonyl (C=O) groups excluding carboxylic acids is 2. The van der Waals surface area contributed by atoms with Crippen LogP contribution in [0.1, 0.15) is 6.42 Å². The minimum Gasteiger partial charge on any atom is -0.497 e. The highest BCUT2D eigenvalue weighted by Gasteiger charge is 2.40. The van der Waals surface area contributed by atoms with Gasteiger partial charge in [0, 0.05) is 49.1 Å². The van der Waals surface area contributed by atoms with E-state index in [1.54, 1.807) is 24.1 Å². The maximum absolute atomic E-state index is 13.0. The first-order valence-electron chi connectivity index (χ1n) is 9.81. The van der Waals surface area contributed by atoms with Crippen LogP contribution in [0.25, 0.3) is 0 Å². The zero-order valence-electron chi connectivity index (χ0n) is 16.4. The van der Waals surface area contributed by atoms with Crippen LogP contribution in [-0.2, 0) is 9.59 Å². The molecule has 2 saturated heterocycles. The lowest BCUT2D eigenvalue weighted by atomic mass is 10.1. The van der Waals surface area contributed by atoms with E-state index in [9.17, 15) is 9.59 Å². The number of nitrogens with zero attached hydrogens (tertiary/aromatic N) is 3. The minimum atomic E-state index is -0.585. The zero-order valence-corrected chi connectivity index (χ0v) is 17.1. The molecule has 0 saturated carbocycles. The second-order valence-electron chi connectivity index (χ2n) is 7.32. The van der Waals surface area contributed by atoms with E-state index < -0.39 is 5.92 Å². The first kappa shape index (κ1) is 19.6. The van der Waals surface area contributed by atoms with Gasteiger partial charge in [0.05, 0.1) is 7.11 Å². The molecule has 152 valence electrons. The van der Waals surface area contributed by atoms with Gasteiger partial charge < -0.3 is 19.4 Å². The first-order valence-corrected chi connectivity index (χ1v) is 10.2. The number of carbonyl (C=O) groups is 2. The normalized spacial score (nSPS) is 19.6. The van der Waals surface area contributed by atoms with Gasteiger partial charge in [0.25, 0.3) is 0 Å². The van der Waals surface area contributed by atoms with Gasteiger partial charge in [-0.1, -0.05) is 11.6 Å². The van der Waals surface area contributed by atoms with Crippen molar-refractivity contribution in [3.63, 3.8) is 0 Å². The quantitative estimate of drug-likeness (QED) is 0.723. The Bertz CT molecular complexity index is 877. The number of rotatable bonds is 4. The third-order valence-corrected chi connectivity index (χ3v) is 5.92. The Morgan fingerprint density at radius 3 is 2.17 bits per heavy atom. The average Bonchev–Trinajstić information content (AvgIpc) is 3.15. The van der Waals surface area contributed by atoms with Crippen LogP contribution in [0, 0.1) is 5.92 Å². The molecular formula is C22H24ClN3O3. The van der Waals surface area contributed by atoms with Crippen LogP contribution >= 0.6 is 11.6 Å². The van der Waals surface area contributed by atoms with Crippen molar-refractivity contribution in [1.82, 2.24) is 4.90 Å². The zero-order chi connectivity index (χ0) is 20.4. The van der Waals surface area contributed by atoms with Gasteiger partial charge >= 0.3 is 0 Å². The molecule has 2 fully saturated rings. The van der Waals surface area contributed by atoms with Gasteiger partial charge in [0.15, 0.2) is 0 Å². The van der Waals surface area contributed by atoms with Crippen molar-refractivity contribution in [2.45, 2.75) is 6.42 Å². The summed E-state index contributed by atoms with van der Waals surface area (Å²) in [6.07, 6.45) is 0.555. The van der Waals surface area contributed by atoms with Gasteiger partial charge in [-0.15, -0.1) is 0 Å². The third kappa shape index (κ3) is 4.03. The number of ether oxygens (including phenoxy) is 1. The molecule has 2 amide bonds. The van der Waals surface area contributed by atoms with Gasteiger partial charge in [-0.3, -0.25) is 9.59 Å². The molecule has 7 heteroatoms. The summed E-state index contributed by atoms with van der Waals surface area (Å²) in [7, 11) is 1.65. The predicted octanol–water partition coefficient (Wildman–Crippen LogP) is 3.05. The standard InChI is InChI=1S/C22H24ClN3O3/c1-29-19-8-6-17(7-9-19)24-12-14-25(15-13-24)21(27)20-10-11-26(22(20)28)18-4-2-16(23)3-5-18/h2-9,20H,10-15H2,1H3. The number of methoxy groups -OCH3 is 1. The molecule has 2 heterocycles. The Hall–Kier alpha value is -2.73. The fourth-order valence-corrected chi connectivity index (χ4v) is 4.11. The summed E-state index contributed by atoms with van der Waals surface area (Å²) in [6, 6.07) is 15.1. The van der Waals surface area contributed by atoms with Crippen LogP contribution in [0.2, 0.25) is 5.02 Å². The Kier molecular flexibility index (Phi) is 5.62. The summed E-state index contributed by atoms with van der Waals surface area (Å²) >= 11 is 5.93. The van der Waals surface area contributed by atoms with E-state index in [1.807, 2.05) is 41.3 Å². The van der Waals surface area contributed by atoms with Crippen LogP contribution < -0.4 is 14.5 Å². The number of benzene rings is 2. The van der Waals surface area contributed by atoms with Crippen molar-refractivity contribution in [2.24, 2.45) is 5.92 Å². The van der Waals surface area contributed by atoms with Crippen molar-refractivity contribution in [3.05, 3.63) is 53.6 Å². The van der Waals surface area contributed by atoms with Gasteiger partial charge in [-0.05, 0) is 55.0 Å². The second kappa shape index (κ2) is 8.33. The van der Waals surface area contributed by atoms with Crippen LogP contribution in [0.4, 0.5) is 11.4 Å². The average molecular weight is 414 g/mol. The SMILES string of the molecule is COc1ccc(N2CCN(C(=O)C3CCN(c4ccc(Cl)cc4)C3=O)CC2)cc1. The van der Waals surface area contributed by atoms with E-state index in [1.165, 1.54) is 0 Å². The molecule has 0 radical (unpaired) electrons. The topological polar surface area (TPSA) is 53.1 Å². The lowest BCUT2D eigenvalue weighted by Crippen LogP contribution is -2.51. The largest absolute Gasteiger partial charge is 0.497 e. The molecule has 29 heavy (non-hydrogen) atoms. The first-order chi connectivity index (χ1) is 14.1. The van der Waals surface area contributed by atoms with E-state index in [2.05, 4.69) is 4.90 Å². The number of hydrogen-bond donors (Lipinski definition) is 0. The van der Waals surface area contributed by atoms with Crippen molar-refractivity contribution in [3.8, 4) is 5.75 Å².